The van der Waals surface area contributed by atoms with Gasteiger partial charge in [0.15, 0.2) is 15.8 Å². The second-order valence-corrected chi connectivity index (χ2v) is 9.94. The van der Waals surface area contributed by atoms with Gasteiger partial charge in [-0.15, -0.1) is 24.0 Å². The van der Waals surface area contributed by atoms with Gasteiger partial charge in [-0.1, -0.05) is 0 Å². The molecule has 0 radical (unpaired) electrons. The van der Waals surface area contributed by atoms with Crippen molar-refractivity contribution in [1.29, 1.82) is 0 Å². The van der Waals surface area contributed by atoms with Crippen molar-refractivity contribution in [2.45, 2.75) is 51.8 Å². The molecule has 0 aromatic rings. The first-order valence-corrected chi connectivity index (χ1v) is 8.91. The fraction of sp³-hybridized carbons (Fsp3) is 0.857. The number of carbonyl (C=O) groups excluding carboxylic acids is 1. The molecule has 0 aliphatic rings. The monoisotopic (exact) mass is 462 g/mol. The van der Waals surface area contributed by atoms with Crippen LogP contribution in [0.5, 0.6) is 0 Å². The summed E-state index contributed by atoms with van der Waals surface area (Å²) in [5.74, 6) is 0.247. The summed E-state index contributed by atoms with van der Waals surface area (Å²) < 4.78 is 23.2. The first kappa shape index (κ1) is 24.7. The standard InChI is InChI=1S/C14H30N4O3S.HI/c1-13(2,3)18-11(19)10-17-12(15-7)16-8-9-22(20,21)14(4,5)6;/h8-10H2,1-7H3,(H,18,19)(H2,15,16,17);1H. The lowest BCUT2D eigenvalue weighted by atomic mass is 10.1. The Morgan fingerprint density at radius 3 is 1.96 bits per heavy atom. The van der Waals surface area contributed by atoms with E-state index in [9.17, 15) is 13.2 Å². The molecule has 0 spiro atoms. The van der Waals surface area contributed by atoms with Crippen molar-refractivity contribution in [1.82, 2.24) is 16.0 Å². The van der Waals surface area contributed by atoms with E-state index in [1.807, 2.05) is 20.8 Å². The van der Waals surface area contributed by atoms with E-state index in [-0.39, 0.29) is 54.3 Å². The molecular formula is C14H31IN4O3S. The Kier molecular flexibility index (Phi) is 10.4. The average Bonchev–Trinajstić information content (AvgIpc) is 2.29. The van der Waals surface area contributed by atoms with Crippen LogP contribution in [0.25, 0.3) is 0 Å². The van der Waals surface area contributed by atoms with Gasteiger partial charge in [-0.25, -0.2) is 8.42 Å². The predicted molar refractivity (Wildman–Crippen MR) is 106 cm³/mol. The van der Waals surface area contributed by atoms with Gasteiger partial charge in [0.1, 0.15) is 0 Å². The molecule has 7 nitrogen and oxygen atoms in total. The Balaban J connectivity index is 0. The number of halogens is 1. The number of nitrogens with zero attached hydrogens (tertiary/aromatic N) is 1. The van der Waals surface area contributed by atoms with Crippen molar-refractivity contribution in [2.75, 3.05) is 25.9 Å². The van der Waals surface area contributed by atoms with Crippen LogP contribution >= 0.6 is 24.0 Å². The molecular weight excluding hydrogens is 431 g/mol. The van der Waals surface area contributed by atoms with Gasteiger partial charge in [-0.05, 0) is 41.5 Å². The van der Waals surface area contributed by atoms with E-state index in [2.05, 4.69) is 20.9 Å². The molecule has 0 saturated heterocycles. The third-order valence-electron chi connectivity index (χ3n) is 2.75. The molecule has 0 aliphatic heterocycles. The summed E-state index contributed by atoms with van der Waals surface area (Å²) in [6.07, 6.45) is 0. The summed E-state index contributed by atoms with van der Waals surface area (Å²) in [6, 6.07) is 0. The highest BCUT2D eigenvalue weighted by Crippen LogP contribution is 2.15. The Labute approximate surface area is 157 Å². The van der Waals surface area contributed by atoms with Gasteiger partial charge >= 0.3 is 0 Å². The number of rotatable bonds is 5. The van der Waals surface area contributed by atoms with Crippen LogP contribution in [-0.4, -0.2) is 56.5 Å². The van der Waals surface area contributed by atoms with Crippen molar-refractivity contribution in [3.8, 4) is 0 Å². The Morgan fingerprint density at radius 2 is 1.57 bits per heavy atom. The molecule has 0 fully saturated rings. The number of sulfone groups is 1. The van der Waals surface area contributed by atoms with Gasteiger partial charge in [-0.3, -0.25) is 9.79 Å². The molecule has 0 bridgehead atoms. The topological polar surface area (TPSA) is 99.7 Å². The summed E-state index contributed by atoms with van der Waals surface area (Å²) in [7, 11) is -1.62. The van der Waals surface area contributed by atoms with Crippen molar-refractivity contribution in [3.63, 3.8) is 0 Å². The fourth-order valence-corrected chi connectivity index (χ4v) is 2.44. The minimum Gasteiger partial charge on any atom is -0.355 e. The van der Waals surface area contributed by atoms with Crippen molar-refractivity contribution in [3.05, 3.63) is 0 Å². The van der Waals surface area contributed by atoms with E-state index in [1.165, 1.54) is 0 Å². The second kappa shape index (κ2) is 9.65. The maximum Gasteiger partial charge on any atom is 0.239 e. The first-order chi connectivity index (χ1) is 9.78. The smallest absolute Gasteiger partial charge is 0.239 e. The molecule has 3 N–H and O–H groups in total. The minimum absolute atomic E-state index is 0. The summed E-state index contributed by atoms with van der Waals surface area (Å²) in [6.45, 7) is 11.0. The molecule has 0 heterocycles. The zero-order valence-electron chi connectivity index (χ0n) is 15.1. The second-order valence-electron chi connectivity index (χ2n) is 7.08. The molecule has 0 unspecified atom stereocenters. The third kappa shape index (κ3) is 10.7. The summed E-state index contributed by atoms with van der Waals surface area (Å²) in [5.41, 5.74) is -0.295. The van der Waals surface area contributed by atoms with Gasteiger partial charge in [0.25, 0.3) is 0 Å². The number of guanidine groups is 1. The molecule has 1 amide bonds. The van der Waals surface area contributed by atoms with E-state index in [1.54, 1.807) is 27.8 Å². The molecule has 0 atom stereocenters. The third-order valence-corrected chi connectivity index (χ3v) is 5.36. The Bertz CT molecular complexity index is 505. The molecule has 0 aromatic heterocycles. The molecule has 0 saturated carbocycles. The zero-order chi connectivity index (χ0) is 17.6. The highest BCUT2D eigenvalue weighted by molar-refractivity contribution is 14.0. The lowest BCUT2D eigenvalue weighted by Gasteiger charge is -2.21. The molecule has 0 aliphatic carbocycles. The van der Waals surface area contributed by atoms with E-state index in [4.69, 9.17) is 0 Å². The van der Waals surface area contributed by atoms with Crippen LogP contribution in [0.1, 0.15) is 41.5 Å². The first-order valence-electron chi connectivity index (χ1n) is 7.26. The molecule has 0 aromatic carbocycles. The highest BCUT2D eigenvalue weighted by Gasteiger charge is 2.28. The Hall–Kier alpha value is -0.580. The minimum atomic E-state index is -3.18. The van der Waals surface area contributed by atoms with Gasteiger partial charge in [0.2, 0.25) is 5.91 Å². The molecule has 138 valence electrons. The summed E-state index contributed by atoms with van der Waals surface area (Å²) >= 11 is 0. The number of hydrogen-bond donors (Lipinski definition) is 3. The lowest BCUT2D eigenvalue weighted by Crippen LogP contribution is -2.48. The maximum absolute atomic E-state index is 12.0. The van der Waals surface area contributed by atoms with Gasteiger partial charge < -0.3 is 16.0 Å². The van der Waals surface area contributed by atoms with Crippen LogP contribution in [0.2, 0.25) is 0 Å². The Morgan fingerprint density at radius 1 is 1.04 bits per heavy atom. The zero-order valence-corrected chi connectivity index (χ0v) is 18.3. The van der Waals surface area contributed by atoms with E-state index >= 15 is 0 Å². The van der Waals surface area contributed by atoms with Crippen LogP contribution in [0, 0.1) is 0 Å². The van der Waals surface area contributed by atoms with Crippen LogP contribution in [-0.2, 0) is 14.6 Å². The number of hydrogen-bond acceptors (Lipinski definition) is 4. The quantitative estimate of drug-likeness (QED) is 0.320. The van der Waals surface area contributed by atoms with Crippen molar-refractivity contribution >= 4 is 45.7 Å². The highest BCUT2D eigenvalue weighted by atomic mass is 127. The number of amides is 1. The normalized spacial score (nSPS) is 13.1. The van der Waals surface area contributed by atoms with Crippen LogP contribution in [0.3, 0.4) is 0 Å². The van der Waals surface area contributed by atoms with Crippen LogP contribution in [0.4, 0.5) is 0 Å². The van der Waals surface area contributed by atoms with Gasteiger partial charge in [0, 0.05) is 19.1 Å². The van der Waals surface area contributed by atoms with E-state index in [0.29, 0.717) is 5.96 Å². The summed E-state index contributed by atoms with van der Waals surface area (Å²) in [5, 5.41) is 8.56. The van der Waals surface area contributed by atoms with Crippen molar-refractivity contribution in [2.24, 2.45) is 4.99 Å². The number of aliphatic imine (C=N–C) groups is 1. The number of carbonyl (C=O) groups is 1. The molecule has 9 heteroatoms. The van der Waals surface area contributed by atoms with Crippen LogP contribution < -0.4 is 16.0 Å². The lowest BCUT2D eigenvalue weighted by molar-refractivity contribution is -0.121. The van der Waals surface area contributed by atoms with Crippen LogP contribution in [0.15, 0.2) is 4.99 Å². The largest absolute Gasteiger partial charge is 0.355 e. The van der Waals surface area contributed by atoms with Gasteiger partial charge in [-0.2, -0.15) is 0 Å². The fourth-order valence-electron chi connectivity index (χ4n) is 1.46. The SMILES string of the molecule is CN=C(NCCS(=O)(=O)C(C)(C)C)NCC(=O)NC(C)(C)C.I. The van der Waals surface area contributed by atoms with E-state index in [0.717, 1.165) is 0 Å². The van der Waals surface area contributed by atoms with Crippen molar-refractivity contribution < 1.29 is 13.2 Å². The predicted octanol–water partition coefficient (Wildman–Crippen LogP) is 0.897. The number of nitrogens with one attached hydrogen (secondary N) is 3. The maximum atomic E-state index is 12.0. The average molecular weight is 462 g/mol. The summed E-state index contributed by atoms with van der Waals surface area (Å²) in [4.78, 5) is 15.6. The molecule has 0 rings (SSSR count). The molecule has 23 heavy (non-hydrogen) atoms. The van der Waals surface area contributed by atoms with E-state index < -0.39 is 14.6 Å². The van der Waals surface area contributed by atoms with Gasteiger partial charge in [0.05, 0.1) is 17.0 Å².